The fraction of sp³-hybridized carbons (Fsp3) is 0.150. The highest BCUT2D eigenvalue weighted by molar-refractivity contribution is 7.89. The lowest BCUT2D eigenvalue weighted by Crippen LogP contribution is -2.14. The van der Waals surface area contributed by atoms with Gasteiger partial charge in [-0.1, -0.05) is 31.2 Å². The second-order valence-corrected chi connectivity index (χ2v) is 9.01. The van der Waals surface area contributed by atoms with Gasteiger partial charge in [0.1, 0.15) is 0 Å². The van der Waals surface area contributed by atoms with Crippen LogP contribution >= 0.6 is 23.7 Å². The highest BCUT2D eigenvalue weighted by atomic mass is 35.5. The van der Waals surface area contributed by atoms with E-state index in [2.05, 4.69) is 15.1 Å². The van der Waals surface area contributed by atoms with Crippen LogP contribution in [0.4, 0.5) is 13.2 Å². The maximum Gasteiger partial charge on any atom is 0.435 e. The normalized spacial score (nSPS) is 11.9. The van der Waals surface area contributed by atoms with Gasteiger partial charge in [-0.25, -0.2) is 28.2 Å². The molecule has 0 radical (unpaired) electrons. The Morgan fingerprint density at radius 1 is 1.06 bits per heavy atom. The van der Waals surface area contributed by atoms with E-state index in [1.54, 1.807) is 36.7 Å². The Balaban J connectivity index is 0.00000306. The molecule has 0 aliphatic carbocycles. The summed E-state index contributed by atoms with van der Waals surface area (Å²) >= 11 is 1.43. The van der Waals surface area contributed by atoms with Crippen molar-refractivity contribution < 1.29 is 21.6 Å². The van der Waals surface area contributed by atoms with Crippen LogP contribution < -0.4 is 5.14 Å². The minimum atomic E-state index is -4.70. The van der Waals surface area contributed by atoms with E-state index >= 15 is 0 Å². The van der Waals surface area contributed by atoms with Crippen molar-refractivity contribution in [3.63, 3.8) is 0 Å². The van der Waals surface area contributed by atoms with Gasteiger partial charge in [0.2, 0.25) is 0 Å². The molecular weight excluding hydrogens is 499 g/mol. The zero-order chi connectivity index (χ0) is 23.1. The maximum absolute atomic E-state index is 13.9. The monoisotopic (exact) mass is 515 g/mol. The topological polar surface area (TPSA) is 104 Å². The summed E-state index contributed by atoms with van der Waals surface area (Å²) in [6.45, 7) is 1.72. The summed E-state index contributed by atoms with van der Waals surface area (Å²) in [5.41, 5.74) is 2.98. The van der Waals surface area contributed by atoms with Crippen LogP contribution in [0.3, 0.4) is 0 Å². The third-order valence-electron chi connectivity index (χ3n) is 4.74. The molecule has 0 bridgehead atoms. The molecule has 1 aromatic carbocycles. The molecule has 13 heteroatoms. The highest BCUT2D eigenvalue weighted by Crippen LogP contribution is 2.40. The minimum Gasteiger partial charge on any atom is -0.245 e. The van der Waals surface area contributed by atoms with Crippen molar-refractivity contribution in [2.24, 2.45) is 5.14 Å². The second-order valence-electron chi connectivity index (χ2n) is 6.78. The molecule has 0 spiro atoms. The van der Waals surface area contributed by atoms with Gasteiger partial charge >= 0.3 is 6.18 Å². The van der Waals surface area contributed by atoms with E-state index in [9.17, 15) is 21.6 Å². The summed E-state index contributed by atoms with van der Waals surface area (Å²) in [7, 11) is -4.03. The van der Waals surface area contributed by atoms with Gasteiger partial charge in [-0.3, -0.25) is 0 Å². The van der Waals surface area contributed by atoms with Gasteiger partial charge in [0, 0.05) is 16.5 Å². The summed E-state index contributed by atoms with van der Waals surface area (Å²) in [5.74, 6) is 0. The van der Waals surface area contributed by atoms with Crippen LogP contribution in [0.2, 0.25) is 0 Å². The Labute approximate surface area is 197 Å². The van der Waals surface area contributed by atoms with E-state index in [1.807, 2.05) is 5.38 Å². The number of pyridine rings is 1. The fourth-order valence-electron chi connectivity index (χ4n) is 3.32. The molecular formula is C20H17ClF3N5O2S2. The smallest absolute Gasteiger partial charge is 0.245 e. The van der Waals surface area contributed by atoms with Gasteiger partial charge in [-0.2, -0.15) is 18.3 Å². The molecule has 33 heavy (non-hydrogen) atoms. The van der Waals surface area contributed by atoms with Gasteiger partial charge in [0.25, 0.3) is 10.0 Å². The average molecular weight is 516 g/mol. The summed E-state index contributed by atoms with van der Waals surface area (Å²) in [6, 6.07) is 9.07. The molecule has 0 unspecified atom stereocenters. The first kappa shape index (κ1) is 24.8. The number of benzene rings is 1. The van der Waals surface area contributed by atoms with Crippen molar-refractivity contribution in [3.05, 3.63) is 64.9 Å². The number of nitrogens with two attached hydrogens (primary N) is 1. The Morgan fingerprint density at radius 2 is 1.73 bits per heavy atom. The van der Waals surface area contributed by atoms with Crippen LogP contribution in [0, 0.1) is 0 Å². The van der Waals surface area contributed by atoms with Crippen LogP contribution in [0.25, 0.3) is 28.1 Å². The molecule has 174 valence electrons. The number of hydrogen-bond donors (Lipinski definition) is 1. The first-order valence-electron chi connectivity index (χ1n) is 9.27. The molecule has 3 aromatic heterocycles. The third-order valence-corrected chi connectivity index (χ3v) is 6.15. The highest BCUT2D eigenvalue weighted by Gasteiger charge is 2.39. The van der Waals surface area contributed by atoms with E-state index in [4.69, 9.17) is 5.14 Å². The fourth-order valence-corrected chi connectivity index (χ4v) is 4.34. The minimum absolute atomic E-state index is 0. The van der Waals surface area contributed by atoms with Crippen LogP contribution in [0.5, 0.6) is 0 Å². The van der Waals surface area contributed by atoms with Crippen molar-refractivity contribution in [1.82, 2.24) is 19.7 Å². The van der Waals surface area contributed by atoms with Crippen molar-refractivity contribution in [1.29, 1.82) is 0 Å². The van der Waals surface area contributed by atoms with Gasteiger partial charge in [-0.05, 0) is 24.1 Å². The largest absolute Gasteiger partial charge is 0.435 e. The number of hydrogen-bond acceptors (Lipinski definition) is 6. The first-order valence-corrected chi connectivity index (χ1v) is 11.8. The summed E-state index contributed by atoms with van der Waals surface area (Å²) < 4.78 is 65.7. The first-order chi connectivity index (χ1) is 15.1. The van der Waals surface area contributed by atoms with Crippen molar-refractivity contribution in [2.45, 2.75) is 24.5 Å². The molecule has 2 N–H and O–H groups in total. The number of alkyl halides is 3. The molecule has 0 aliphatic heterocycles. The van der Waals surface area contributed by atoms with Crippen LogP contribution in [0.15, 0.2) is 58.5 Å². The Bertz CT molecular complexity index is 1350. The second kappa shape index (κ2) is 9.21. The molecule has 7 nitrogen and oxygen atoms in total. The van der Waals surface area contributed by atoms with E-state index < -0.39 is 21.9 Å². The molecule has 0 fully saturated rings. The van der Waals surface area contributed by atoms with Gasteiger partial charge in [0.05, 0.1) is 28.8 Å². The number of nitrogens with zero attached hydrogens (tertiary/aromatic N) is 4. The third kappa shape index (κ3) is 4.93. The van der Waals surface area contributed by atoms with Crippen LogP contribution in [0.1, 0.15) is 18.3 Å². The molecule has 0 saturated heterocycles. The lowest BCUT2D eigenvalue weighted by atomic mass is 9.99. The predicted octanol–water partition coefficient (Wildman–Crippen LogP) is 4.71. The maximum atomic E-state index is 13.9. The number of thiazole rings is 1. The standard InChI is InChI=1S/C20H16F3N5O2S2.ClH/c1-2-16-18(13-5-3-12(4-6-13)15-10-31-11-26-15)19(20(21,22)23)27-28(16)14-7-8-17(25-9-14)32(24,29)30;/h3-11H,2H2,1H3,(H2,24,29,30);1H. The molecule has 4 aromatic rings. The zero-order valence-corrected chi connectivity index (χ0v) is 19.4. The number of aromatic nitrogens is 4. The van der Waals surface area contributed by atoms with Gasteiger partial charge in [-0.15, -0.1) is 23.7 Å². The summed E-state index contributed by atoms with van der Waals surface area (Å²) in [6.07, 6.45) is -3.34. The van der Waals surface area contributed by atoms with Crippen LogP contribution in [-0.4, -0.2) is 28.2 Å². The number of sulfonamides is 1. The molecule has 0 saturated carbocycles. The zero-order valence-electron chi connectivity index (χ0n) is 16.9. The molecule has 3 heterocycles. The average Bonchev–Trinajstić information content (AvgIpc) is 3.41. The van der Waals surface area contributed by atoms with E-state index in [-0.39, 0.29) is 35.1 Å². The lowest BCUT2D eigenvalue weighted by molar-refractivity contribution is -0.140. The Kier molecular flexibility index (Phi) is 6.93. The van der Waals surface area contributed by atoms with E-state index in [1.165, 1.54) is 17.4 Å². The molecule has 0 aliphatic rings. The molecule has 0 amide bonds. The van der Waals surface area contributed by atoms with E-state index in [0.717, 1.165) is 28.2 Å². The van der Waals surface area contributed by atoms with Gasteiger partial charge < -0.3 is 0 Å². The van der Waals surface area contributed by atoms with Crippen molar-refractivity contribution in [2.75, 3.05) is 0 Å². The van der Waals surface area contributed by atoms with E-state index in [0.29, 0.717) is 11.3 Å². The summed E-state index contributed by atoms with van der Waals surface area (Å²) in [5, 5.41) is 10.3. The number of halogens is 4. The molecule has 4 rings (SSSR count). The lowest BCUT2D eigenvalue weighted by Gasteiger charge is -2.10. The summed E-state index contributed by atoms with van der Waals surface area (Å²) in [4.78, 5) is 7.97. The Hall–Kier alpha value is -2.80. The van der Waals surface area contributed by atoms with Crippen LogP contribution in [-0.2, 0) is 22.6 Å². The van der Waals surface area contributed by atoms with Crippen molar-refractivity contribution in [3.8, 4) is 28.1 Å². The molecule has 0 atom stereocenters. The number of rotatable bonds is 5. The SMILES string of the molecule is CCc1c(-c2ccc(-c3cscn3)cc2)c(C(F)(F)F)nn1-c1ccc(S(N)(=O)=O)nc1.Cl. The van der Waals surface area contributed by atoms with Gasteiger partial charge in [0.15, 0.2) is 10.7 Å². The van der Waals surface area contributed by atoms with Crippen molar-refractivity contribution >= 4 is 33.8 Å². The number of primary sulfonamides is 1. The Morgan fingerprint density at radius 3 is 2.21 bits per heavy atom. The quantitative estimate of drug-likeness (QED) is 0.414. The predicted molar refractivity (Wildman–Crippen MR) is 121 cm³/mol.